The van der Waals surface area contributed by atoms with Crippen LogP contribution in [0.2, 0.25) is 0 Å². The first-order chi connectivity index (χ1) is 9.58. The van der Waals surface area contributed by atoms with Gasteiger partial charge in [0.1, 0.15) is 5.69 Å². The van der Waals surface area contributed by atoms with Crippen molar-refractivity contribution in [3.8, 4) is 0 Å². The molecule has 2 rings (SSSR count). The first kappa shape index (κ1) is 14.3. The van der Waals surface area contributed by atoms with Crippen LogP contribution in [0.15, 0.2) is 18.2 Å². The first-order valence-electron chi connectivity index (χ1n) is 6.90. The molecule has 6 nitrogen and oxygen atoms in total. The number of nitrogens with two attached hydrogens (primary N) is 1. The average Bonchev–Trinajstić information content (AvgIpc) is 2.91. The van der Waals surface area contributed by atoms with Gasteiger partial charge in [0.25, 0.3) is 5.69 Å². The molecule has 1 amide bonds. The molecule has 0 aromatic heterocycles. The van der Waals surface area contributed by atoms with E-state index in [9.17, 15) is 14.9 Å². The number of hydrogen-bond acceptors (Lipinski definition) is 4. The van der Waals surface area contributed by atoms with Gasteiger partial charge in [-0.25, -0.2) is 0 Å². The highest BCUT2D eigenvalue weighted by atomic mass is 16.6. The molecule has 108 valence electrons. The number of nitro groups is 1. The van der Waals surface area contributed by atoms with Gasteiger partial charge < -0.3 is 11.1 Å². The van der Waals surface area contributed by atoms with Crippen LogP contribution in [0, 0.1) is 16.0 Å². The summed E-state index contributed by atoms with van der Waals surface area (Å²) in [6.07, 6.45) is 6.11. The number of primary amides is 1. The van der Waals surface area contributed by atoms with Crippen molar-refractivity contribution in [3.05, 3.63) is 33.9 Å². The van der Waals surface area contributed by atoms with E-state index in [1.54, 1.807) is 6.07 Å². The van der Waals surface area contributed by atoms with Crippen molar-refractivity contribution in [1.29, 1.82) is 0 Å². The molecule has 0 unspecified atom stereocenters. The Kier molecular flexibility index (Phi) is 4.55. The molecule has 0 spiro atoms. The molecule has 0 atom stereocenters. The second kappa shape index (κ2) is 6.36. The topological polar surface area (TPSA) is 98.3 Å². The Balaban J connectivity index is 2.02. The average molecular weight is 277 g/mol. The molecule has 1 saturated carbocycles. The zero-order valence-corrected chi connectivity index (χ0v) is 11.3. The summed E-state index contributed by atoms with van der Waals surface area (Å²) >= 11 is 0. The summed E-state index contributed by atoms with van der Waals surface area (Å²) in [5.41, 5.74) is 5.62. The predicted molar refractivity (Wildman–Crippen MR) is 76.7 cm³/mol. The highest BCUT2D eigenvalue weighted by molar-refractivity contribution is 5.94. The van der Waals surface area contributed by atoms with Crippen molar-refractivity contribution in [2.45, 2.75) is 32.1 Å². The Morgan fingerprint density at radius 2 is 2.10 bits per heavy atom. The molecule has 1 aromatic carbocycles. The highest BCUT2D eigenvalue weighted by Crippen LogP contribution is 2.29. The smallest absolute Gasteiger partial charge is 0.293 e. The number of nitro benzene ring substituents is 1. The predicted octanol–water partition coefficient (Wildman–Crippen LogP) is 2.69. The molecule has 6 heteroatoms. The van der Waals surface area contributed by atoms with Crippen molar-refractivity contribution < 1.29 is 9.72 Å². The SMILES string of the molecule is NC(=O)c1ccc(NCCC2CCCC2)c([N+](=O)[O-])c1. The number of benzene rings is 1. The fraction of sp³-hybridized carbons (Fsp3) is 0.500. The number of hydrogen-bond donors (Lipinski definition) is 2. The Morgan fingerprint density at radius 1 is 1.40 bits per heavy atom. The summed E-state index contributed by atoms with van der Waals surface area (Å²) in [7, 11) is 0. The quantitative estimate of drug-likeness (QED) is 0.617. The summed E-state index contributed by atoms with van der Waals surface area (Å²) in [6, 6.07) is 4.28. The molecule has 1 aliphatic rings. The van der Waals surface area contributed by atoms with Crippen LogP contribution in [-0.2, 0) is 0 Å². The van der Waals surface area contributed by atoms with Crippen LogP contribution >= 0.6 is 0 Å². The maximum Gasteiger partial charge on any atom is 0.293 e. The lowest BCUT2D eigenvalue weighted by molar-refractivity contribution is -0.384. The lowest BCUT2D eigenvalue weighted by Gasteiger charge is -2.11. The summed E-state index contributed by atoms with van der Waals surface area (Å²) in [6.45, 7) is 0.710. The van der Waals surface area contributed by atoms with E-state index in [2.05, 4.69) is 5.32 Å². The first-order valence-corrected chi connectivity index (χ1v) is 6.90. The van der Waals surface area contributed by atoms with Gasteiger partial charge in [-0.3, -0.25) is 14.9 Å². The number of nitrogens with zero attached hydrogens (tertiary/aromatic N) is 1. The van der Waals surface area contributed by atoms with Gasteiger partial charge in [0.15, 0.2) is 0 Å². The van der Waals surface area contributed by atoms with Crippen molar-refractivity contribution in [3.63, 3.8) is 0 Å². The molecule has 0 saturated heterocycles. The molecule has 3 N–H and O–H groups in total. The fourth-order valence-corrected chi connectivity index (χ4v) is 2.70. The third-order valence-corrected chi connectivity index (χ3v) is 3.82. The van der Waals surface area contributed by atoms with Gasteiger partial charge in [-0.15, -0.1) is 0 Å². The van der Waals surface area contributed by atoms with E-state index in [4.69, 9.17) is 5.73 Å². The van der Waals surface area contributed by atoms with Crippen LogP contribution in [0.1, 0.15) is 42.5 Å². The number of anilines is 1. The number of nitrogens with one attached hydrogen (secondary N) is 1. The van der Waals surface area contributed by atoms with Crippen LogP contribution in [0.4, 0.5) is 11.4 Å². The molecule has 0 aliphatic heterocycles. The number of amides is 1. The van der Waals surface area contributed by atoms with Gasteiger partial charge in [-0.05, 0) is 24.5 Å². The van der Waals surface area contributed by atoms with E-state index in [1.807, 2.05) is 0 Å². The maximum atomic E-state index is 11.1. The fourth-order valence-electron chi connectivity index (χ4n) is 2.70. The minimum Gasteiger partial charge on any atom is -0.379 e. The van der Waals surface area contributed by atoms with Crippen LogP contribution in [0.3, 0.4) is 0 Å². The van der Waals surface area contributed by atoms with Gasteiger partial charge in [0.05, 0.1) is 4.92 Å². The molecule has 0 bridgehead atoms. The zero-order valence-electron chi connectivity index (χ0n) is 11.3. The molecular weight excluding hydrogens is 258 g/mol. The molecular formula is C14H19N3O3. The summed E-state index contributed by atoms with van der Waals surface area (Å²) < 4.78 is 0. The molecule has 1 aliphatic carbocycles. The van der Waals surface area contributed by atoms with E-state index in [0.717, 1.165) is 12.3 Å². The molecule has 1 aromatic rings. The van der Waals surface area contributed by atoms with Gasteiger partial charge >= 0.3 is 0 Å². The Hall–Kier alpha value is -2.11. The standard InChI is InChI=1S/C14H19N3O3/c15-14(18)11-5-6-12(13(9-11)17(19)20)16-8-7-10-3-1-2-4-10/h5-6,9-10,16H,1-4,7-8H2,(H2,15,18). The van der Waals surface area contributed by atoms with E-state index in [-0.39, 0.29) is 11.3 Å². The second-order valence-electron chi connectivity index (χ2n) is 5.22. The highest BCUT2D eigenvalue weighted by Gasteiger charge is 2.18. The molecule has 1 fully saturated rings. The maximum absolute atomic E-state index is 11.1. The number of carbonyl (C=O) groups excluding carboxylic acids is 1. The Bertz CT molecular complexity index is 510. The summed E-state index contributed by atoms with van der Waals surface area (Å²) in [5.74, 6) is 0.0667. The van der Waals surface area contributed by atoms with Crippen molar-refractivity contribution in [1.82, 2.24) is 0 Å². The van der Waals surface area contributed by atoms with Crippen molar-refractivity contribution in [2.75, 3.05) is 11.9 Å². The van der Waals surface area contributed by atoms with Gasteiger partial charge in [0.2, 0.25) is 5.91 Å². The Morgan fingerprint density at radius 3 is 2.70 bits per heavy atom. The van der Waals surface area contributed by atoms with E-state index in [1.165, 1.54) is 37.8 Å². The molecule has 0 radical (unpaired) electrons. The lowest BCUT2D eigenvalue weighted by atomic mass is 10.0. The van der Waals surface area contributed by atoms with Crippen molar-refractivity contribution in [2.24, 2.45) is 11.7 Å². The molecule has 20 heavy (non-hydrogen) atoms. The van der Waals surface area contributed by atoms with E-state index in [0.29, 0.717) is 12.2 Å². The second-order valence-corrected chi connectivity index (χ2v) is 5.22. The lowest BCUT2D eigenvalue weighted by Crippen LogP contribution is -2.12. The van der Waals surface area contributed by atoms with Crippen LogP contribution < -0.4 is 11.1 Å². The van der Waals surface area contributed by atoms with E-state index < -0.39 is 10.8 Å². The van der Waals surface area contributed by atoms with Gasteiger partial charge in [-0.1, -0.05) is 25.7 Å². The van der Waals surface area contributed by atoms with Crippen LogP contribution in [0.25, 0.3) is 0 Å². The third-order valence-electron chi connectivity index (χ3n) is 3.82. The molecule has 0 heterocycles. The third kappa shape index (κ3) is 3.46. The summed E-state index contributed by atoms with van der Waals surface area (Å²) in [4.78, 5) is 21.6. The number of rotatable bonds is 6. The number of carbonyl (C=O) groups is 1. The van der Waals surface area contributed by atoms with Gasteiger partial charge in [0, 0.05) is 18.2 Å². The minimum absolute atomic E-state index is 0.104. The Labute approximate surface area is 117 Å². The van der Waals surface area contributed by atoms with Crippen LogP contribution in [-0.4, -0.2) is 17.4 Å². The largest absolute Gasteiger partial charge is 0.379 e. The van der Waals surface area contributed by atoms with E-state index >= 15 is 0 Å². The zero-order chi connectivity index (χ0) is 14.5. The van der Waals surface area contributed by atoms with Crippen molar-refractivity contribution >= 4 is 17.3 Å². The minimum atomic E-state index is -0.661. The van der Waals surface area contributed by atoms with Crippen LogP contribution in [0.5, 0.6) is 0 Å². The van der Waals surface area contributed by atoms with Gasteiger partial charge in [-0.2, -0.15) is 0 Å². The monoisotopic (exact) mass is 277 g/mol. The normalized spacial score (nSPS) is 15.2. The summed E-state index contributed by atoms with van der Waals surface area (Å²) in [5, 5.41) is 14.1.